The van der Waals surface area contributed by atoms with E-state index in [9.17, 15) is 9.18 Å². The molecule has 0 aliphatic heterocycles. The number of carbonyl (C=O) groups excluding carboxylic acids is 1. The molecule has 98 valence electrons. The van der Waals surface area contributed by atoms with Crippen LogP contribution < -0.4 is 11.1 Å². The smallest absolute Gasteiger partial charge is 0.252 e. The molecule has 0 saturated heterocycles. The molecule has 1 fully saturated rings. The van der Waals surface area contributed by atoms with Gasteiger partial charge < -0.3 is 11.1 Å². The van der Waals surface area contributed by atoms with Crippen molar-refractivity contribution in [2.45, 2.75) is 26.2 Å². The molecular weight excluding hydrogens is 299 g/mol. The molecule has 18 heavy (non-hydrogen) atoms. The molecule has 0 heterocycles. The lowest BCUT2D eigenvalue weighted by molar-refractivity contribution is 0.0943. The Morgan fingerprint density at radius 3 is 2.78 bits per heavy atom. The second-order valence-corrected chi connectivity index (χ2v) is 5.74. The van der Waals surface area contributed by atoms with Crippen molar-refractivity contribution < 1.29 is 9.18 Å². The number of carbonyl (C=O) groups is 1. The zero-order valence-electron chi connectivity index (χ0n) is 10.2. The van der Waals surface area contributed by atoms with E-state index >= 15 is 0 Å². The van der Waals surface area contributed by atoms with Crippen molar-refractivity contribution in [3.8, 4) is 0 Å². The molecule has 0 aromatic heterocycles. The van der Waals surface area contributed by atoms with E-state index in [-0.39, 0.29) is 17.0 Å². The molecule has 1 aliphatic carbocycles. The van der Waals surface area contributed by atoms with Crippen molar-refractivity contribution in [2.24, 2.45) is 5.41 Å². The van der Waals surface area contributed by atoms with Gasteiger partial charge in [-0.2, -0.15) is 0 Å². The number of amides is 1. The molecule has 3 N–H and O–H groups in total. The van der Waals surface area contributed by atoms with Crippen molar-refractivity contribution in [2.75, 3.05) is 12.3 Å². The normalized spacial score (nSPS) is 16.4. The fraction of sp³-hybridized carbons (Fsp3) is 0.462. The summed E-state index contributed by atoms with van der Waals surface area (Å²) in [5.74, 6) is -0.737. The summed E-state index contributed by atoms with van der Waals surface area (Å²) in [6.07, 6.45) is 3.40. The van der Waals surface area contributed by atoms with Crippen LogP contribution in [0.5, 0.6) is 0 Å². The molecule has 1 aromatic rings. The SMILES string of the molecule is CCC1(CNC(=O)c2cc(N)c(F)cc2Br)CC1. The zero-order chi connectivity index (χ0) is 13.3. The fourth-order valence-corrected chi connectivity index (χ4v) is 2.43. The first kappa shape index (κ1) is 13.3. The van der Waals surface area contributed by atoms with E-state index < -0.39 is 5.82 Å². The van der Waals surface area contributed by atoms with Gasteiger partial charge in [-0.05, 0) is 52.7 Å². The highest BCUT2D eigenvalue weighted by Crippen LogP contribution is 2.47. The van der Waals surface area contributed by atoms with Gasteiger partial charge in [-0.15, -0.1) is 0 Å². The number of benzene rings is 1. The molecule has 0 bridgehead atoms. The van der Waals surface area contributed by atoms with Crippen LogP contribution in [0, 0.1) is 11.2 Å². The number of rotatable bonds is 4. The Balaban J connectivity index is 2.07. The second-order valence-electron chi connectivity index (χ2n) is 4.89. The molecule has 0 unspecified atom stereocenters. The molecule has 3 nitrogen and oxygen atoms in total. The average Bonchev–Trinajstić information content (AvgIpc) is 3.11. The van der Waals surface area contributed by atoms with Crippen LogP contribution in [0.15, 0.2) is 16.6 Å². The van der Waals surface area contributed by atoms with E-state index in [1.165, 1.54) is 12.1 Å². The molecule has 0 radical (unpaired) electrons. The summed E-state index contributed by atoms with van der Waals surface area (Å²) in [6.45, 7) is 2.80. The van der Waals surface area contributed by atoms with Gasteiger partial charge in [0.15, 0.2) is 0 Å². The third-order valence-electron chi connectivity index (χ3n) is 3.66. The van der Waals surface area contributed by atoms with Gasteiger partial charge in [0, 0.05) is 11.0 Å². The molecule has 2 rings (SSSR count). The first-order valence-corrected chi connectivity index (χ1v) is 6.79. The molecule has 1 aliphatic rings. The Morgan fingerprint density at radius 1 is 1.56 bits per heavy atom. The monoisotopic (exact) mass is 314 g/mol. The molecular formula is C13H16BrFN2O. The Bertz CT molecular complexity index is 486. The summed E-state index contributed by atoms with van der Waals surface area (Å²) < 4.78 is 13.6. The van der Waals surface area contributed by atoms with Gasteiger partial charge in [-0.25, -0.2) is 4.39 Å². The van der Waals surface area contributed by atoms with Crippen molar-refractivity contribution in [1.82, 2.24) is 5.32 Å². The van der Waals surface area contributed by atoms with Crippen molar-refractivity contribution >= 4 is 27.5 Å². The van der Waals surface area contributed by atoms with Gasteiger partial charge in [0.1, 0.15) is 5.82 Å². The maximum Gasteiger partial charge on any atom is 0.252 e. The number of nitrogens with one attached hydrogen (secondary N) is 1. The van der Waals surface area contributed by atoms with Gasteiger partial charge in [0.2, 0.25) is 0 Å². The Morgan fingerprint density at radius 2 is 2.22 bits per heavy atom. The third-order valence-corrected chi connectivity index (χ3v) is 4.32. The van der Waals surface area contributed by atoms with Gasteiger partial charge in [0.05, 0.1) is 11.3 Å². The summed E-state index contributed by atoms with van der Waals surface area (Å²) in [6, 6.07) is 2.58. The van der Waals surface area contributed by atoms with Gasteiger partial charge >= 0.3 is 0 Å². The van der Waals surface area contributed by atoms with Crippen molar-refractivity contribution in [3.05, 3.63) is 28.0 Å². The van der Waals surface area contributed by atoms with Crippen LogP contribution in [0.4, 0.5) is 10.1 Å². The molecule has 1 aromatic carbocycles. The van der Waals surface area contributed by atoms with Crippen molar-refractivity contribution in [1.29, 1.82) is 0 Å². The van der Waals surface area contributed by atoms with E-state index in [0.29, 0.717) is 16.6 Å². The topological polar surface area (TPSA) is 55.1 Å². The molecule has 1 amide bonds. The summed E-state index contributed by atoms with van der Waals surface area (Å²) in [4.78, 5) is 12.0. The number of nitrogen functional groups attached to an aromatic ring is 1. The van der Waals surface area contributed by atoms with E-state index in [1.807, 2.05) is 0 Å². The number of hydrogen-bond donors (Lipinski definition) is 2. The standard InChI is InChI=1S/C13H16BrFN2O/c1-2-13(3-4-13)7-17-12(18)8-5-11(16)10(15)6-9(8)14/h5-6H,2-4,7,16H2,1H3,(H,17,18). The minimum atomic E-state index is -0.523. The maximum atomic E-state index is 13.2. The van der Waals surface area contributed by atoms with Crippen LogP contribution in [0.2, 0.25) is 0 Å². The summed E-state index contributed by atoms with van der Waals surface area (Å²) in [7, 11) is 0. The van der Waals surface area contributed by atoms with Crippen LogP contribution in [0.3, 0.4) is 0 Å². The lowest BCUT2D eigenvalue weighted by Crippen LogP contribution is -2.30. The maximum absolute atomic E-state index is 13.2. The number of nitrogens with two attached hydrogens (primary N) is 1. The highest BCUT2D eigenvalue weighted by Gasteiger charge is 2.40. The molecule has 1 saturated carbocycles. The van der Waals surface area contributed by atoms with Crippen molar-refractivity contribution in [3.63, 3.8) is 0 Å². The van der Waals surface area contributed by atoms with Gasteiger partial charge in [-0.3, -0.25) is 4.79 Å². The first-order valence-electron chi connectivity index (χ1n) is 6.00. The minimum absolute atomic E-state index is 0.0139. The first-order chi connectivity index (χ1) is 8.47. The fourth-order valence-electron chi connectivity index (χ4n) is 1.93. The minimum Gasteiger partial charge on any atom is -0.396 e. The quantitative estimate of drug-likeness (QED) is 0.839. The Hall–Kier alpha value is -1.10. The molecule has 0 atom stereocenters. The number of halogens is 2. The highest BCUT2D eigenvalue weighted by molar-refractivity contribution is 9.10. The summed E-state index contributed by atoms with van der Waals surface area (Å²) >= 11 is 3.18. The van der Waals surface area contributed by atoms with Gasteiger partial charge in [0.25, 0.3) is 5.91 Å². The van der Waals surface area contributed by atoms with Gasteiger partial charge in [-0.1, -0.05) is 6.92 Å². The number of hydrogen-bond acceptors (Lipinski definition) is 2. The Kier molecular flexibility index (Phi) is 3.61. The zero-order valence-corrected chi connectivity index (χ0v) is 11.8. The van der Waals surface area contributed by atoms with E-state index in [2.05, 4.69) is 28.2 Å². The molecule has 5 heteroatoms. The van der Waals surface area contributed by atoms with E-state index in [0.717, 1.165) is 19.3 Å². The molecule has 0 spiro atoms. The predicted octanol–water partition coefficient (Wildman–Crippen LogP) is 3.09. The van der Waals surface area contributed by atoms with E-state index in [4.69, 9.17) is 5.73 Å². The second kappa shape index (κ2) is 4.88. The third kappa shape index (κ3) is 2.66. The summed E-state index contributed by atoms with van der Waals surface area (Å²) in [5, 5.41) is 2.89. The highest BCUT2D eigenvalue weighted by atomic mass is 79.9. The summed E-state index contributed by atoms with van der Waals surface area (Å²) in [5.41, 5.74) is 6.12. The van der Waals surface area contributed by atoms with Crippen LogP contribution in [-0.4, -0.2) is 12.5 Å². The van der Waals surface area contributed by atoms with E-state index in [1.54, 1.807) is 0 Å². The Labute approximate surface area is 114 Å². The lowest BCUT2D eigenvalue weighted by Gasteiger charge is -2.14. The average molecular weight is 315 g/mol. The van der Waals surface area contributed by atoms with Crippen LogP contribution in [-0.2, 0) is 0 Å². The van der Waals surface area contributed by atoms with Crippen LogP contribution in [0.25, 0.3) is 0 Å². The van der Waals surface area contributed by atoms with Crippen LogP contribution >= 0.6 is 15.9 Å². The lowest BCUT2D eigenvalue weighted by atomic mass is 10.0. The number of anilines is 1. The van der Waals surface area contributed by atoms with Crippen LogP contribution in [0.1, 0.15) is 36.5 Å². The largest absolute Gasteiger partial charge is 0.396 e. The predicted molar refractivity (Wildman–Crippen MR) is 72.8 cm³/mol.